The van der Waals surface area contributed by atoms with Gasteiger partial charge in [-0.1, -0.05) is 19.4 Å². The summed E-state index contributed by atoms with van der Waals surface area (Å²) in [7, 11) is 0. The van der Waals surface area contributed by atoms with E-state index in [4.69, 9.17) is 9.47 Å². The van der Waals surface area contributed by atoms with Crippen LogP contribution in [0.1, 0.15) is 32.6 Å². The molecule has 25 heavy (non-hydrogen) atoms. The number of urea groups is 1. The fraction of sp³-hybridized carbons (Fsp3) is 0.550. The minimum absolute atomic E-state index is 0.0369. The molecule has 0 unspecified atom stereocenters. The molecule has 1 saturated heterocycles. The first kappa shape index (κ1) is 19.3. The van der Waals surface area contributed by atoms with Crippen LogP contribution in [0.5, 0.6) is 5.75 Å². The molecule has 0 atom stereocenters. The van der Waals surface area contributed by atoms with E-state index < -0.39 is 0 Å². The largest absolute Gasteiger partial charge is 0.494 e. The molecule has 1 aliphatic heterocycles. The molecule has 0 aliphatic carbocycles. The average Bonchev–Trinajstić information content (AvgIpc) is 2.64. The molecule has 0 spiro atoms. The summed E-state index contributed by atoms with van der Waals surface area (Å²) < 4.78 is 11.1. The van der Waals surface area contributed by atoms with Crippen molar-refractivity contribution in [1.82, 2.24) is 4.90 Å². The second kappa shape index (κ2) is 10.8. The molecule has 138 valence electrons. The van der Waals surface area contributed by atoms with E-state index in [0.29, 0.717) is 12.5 Å². The predicted octanol–water partition coefficient (Wildman–Crippen LogP) is 4.31. The lowest BCUT2D eigenvalue weighted by Gasteiger charge is -2.31. The second-order valence-electron chi connectivity index (χ2n) is 6.41. The maximum atomic E-state index is 12.4. The lowest BCUT2D eigenvalue weighted by atomic mass is 9.98. The molecule has 5 heteroatoms. The first-order valence-electron chi connectivity index (χ1n) is 9.20. The van der Waals surface area contributed by atoms with Crippen LogP contribution in [-0.2, 0) is 4.74 Å². The van der Waals surface area contributed by atoms with Crippen LogP contribution in [0.4, 0.5) is 10.5 Å². The van der Waals surface area contributed by atoms with Gasteiger partial charge in [-0.15, -0.1) is 6.58 Å². The Morgan fingerprint density at radius 1 is 1.32 bits per heavy atom. The van der Waals surface area contributed by atoms with Crippen molar-refractivity contribution < 1.29 is 14.3 Å². The van der Waals surface area contributed by atoms with E-state index in [1.807, 2.05) is 29.2 Å². The zero-order chi connectivity index (χ0) is 17.9. The average molecular weight is 346 g/mol. The van der Waals surface area contributed by atoms with E-state index in [-0.39, 0.29) is 6.03 Å². The lowest BCUT2D eigenvalue weighted by Crippen LogP contribution is -2.41. The van der Waals surface area contributed by atoms with Gasteiger partial charge in [-0.25, -0.2) is 4.79 Å². The van der Waals surface area contributed by atoms with Gasteiger partial charge in [0, 0.05) is 25.4 Å². The Kier molecular flexibility index (Phi) is 8.32. The van der Waals surface area contributed by atoms with Crippen LogP contribution in [0.15, 0.2) is 36.9 Å². The highest BCUT2D eigenvalue weighted by Gasteiger charge is 2.22. The number of rotatable bonds is 9. The second-order valence-corrected chi connectivity index (χ2v) is 6.41. The number of carbonyl (C=O) groups excluding carboxylic acids is 1. The number of hydrogen-bond acceptors (Lipinski definition) is 3. The molecule has 1 aromatic rings. The molecular weight excluding hydrogens is 316 g/mol. The van der Waals surface area contributed by atoms with Gasteiger partial charge in [0.2, 0.25) is 0 Å². The van der Waals surface area contributed by atoms with E-state index in [1.165, 1.54) is 0 Å². The third-order valence-corrected chi connectivity index (χ3v) is 4.36. The van der Waals surface area contributed by atoms with Gasteiger partial charge in [0.25, 0.3) is 0 Å². The summed E-state index contributed by atoms with van der Waals surface area (Å²) in [5, 5.41) is 2.96. The van der Waals surface area contributed by atoms with Crippen molar-refractivity contribution in [3.8, 4) is 5.75 Å². The van der Waals surface area contributed by atoms with Crippen molar-refractivity contribution in [2.24, 2.45) is 5.92 Å². The molecule has 0 saturated carbocycles. The van der Waals surface area contributed by atoms with Crippen LogP contribution >= 0.6 is 0 Å². The summed E-state index contributed by atoms with van der Waals surface area (Å²) in [4.78, 5) is 14.2. The van der Waals surface area contributed by atoms with Gasteiger partial charge in [-0.3, -0.25) is 0 Å². The predicted molar refractivity (Wildman–Crippen MR) is 101 cm³/mol. The summed E-state index contributed by atoms with van der Waals surface area (Å²) >= 11 is 0. The van der Waals surface area contributed by atoms with Crippen molar-refractivity contribution in [1.29, 1.82) is 0 Å². The standard InChI is InChI=1S/C20H30N2O3/c1-3-5-15-25-19-8-6-18(7-9-19)21-20(23)22-12-10-17(11-13-22)16-24-14-4-2/h4,6-9,17H,2-3,5,10-16H2,1H3,(H,21,23). The maximum absolute atomic E-state index is 12.4. The number of carbonyl (C=O) groups is 1. The molecular formula is C20H30N2O3. The summed E-state index contributed by atoms with van der Waals surface area (Å²) in [6, 6.07) is 7.53. The van der Waals surface area contributed by atoms with Crippen LogP contribution < -0.4 is 10.1 Å². The number of nitrogens with one attached hydrogen (secondary N) is 1. The zero-order valence-corrected chi connectivity index (χ0v) is 15.2. The van der Waals surface area contributed by atoms with Crippen LogP contribution in [0.2, 0.25) is 0 Å². The monoisotopic (exact) mass is 346 g/mol. The third kappa shape index (κ3) is 6.78. The number of ether oxygens (including phenoxy) is 2. The minimum atomic E-state index is -0.0369. The van der Waals surface area contributed by atoms with Crippen molar-refractivity contribution in [3.63, 3.8) is 0 Å². The smallest absolute Gasteiger partial charge is 0.321 e. The Bertz CT molecular complexity index is 522. The molecule has 0 bridgehead atoms. The first-order chi connectivity index (χ1) is 12.2. The summed E-state index contributed by atoms with van der Waals surface area (Å²) in [6.07, 6.45) is 5.89. The summed E-state index contributed by atoms with van der Waals surface area (Å²) in [6.45, 7) is 9.40. The molecule has 2 rings (SSSR count). The third-order valence-electron chi connectivity index (χ3n) is 4.36. The molecule has 0 aromatic heterocycles. The number of amides is 2. The van der Waals surface area contributed by atoms with Gasteiger partial charge in [0.1, 0.15) is 5.75 Å². The van der Waals surface area contributed by atoms with Gasteiger partial charge in [0.05, 0.1) is 13.2 Å². The van der Waals surface area contributed by atoms with Crippen LogP contribution in [0.3, 0.4) is 0 Å². The molecule has 1 N–H and O–H groups in total. The SMILES string of the molecule is C=CCOCC1CCN(C(=O)Nc2ccc(OCCCC)cc2)CC1. The van der Waals surface area contributed by atoms with Crippen LogP contribution in [-0.4, -0.2) is 43.8 Å². The quantitative estimate of drug-likeness (QED) is 0.535. The van der Waals surface area contributed by atoms with Crippen molar-refractivity contribution in [2.75, 3.05) is 38.2 Å². The number of benzene rings is 1. The van der Waals surface area contributed by atoms with Crippen LogP contribution in [0, 0.1) is 5.92 Å². The molecule has 0 radical (unpaired) electrons. The van der Waals surface area contributed by atoms with Crippen LogP contribution in [0.25, 0.3) is 0 Å². The molecule has 1 aliphatic rings. The normalized spacial score (nSPS) is 15.0. The lowest BCUT2D eigenvalue weighted by molar-refractivity contribution is 0.0906. The number of piperidine rings is 1. The topological polar surface area (TPSA) is 50.8 Å². The van der Waals surface area contributed by atoms with Gasteiger partial charge >= 0.3 is 6.03 Å². The highest BCUT2D eigenvalue weighted by atomic mass is 16.5. The van der Waals surface area contributed by atoms with Crippen molar-refractivity contribution in [3.05, 3.63) is 36.9 Å². The number of hydrogen-bond donors (Lipinski definition) is 1. The van der Waals surface area contributed by atoms with Crippen molar-refractivity contribution in [2.45, 2.75) is 32.6 Å². The molecule has 1 heterocycles. The Morgan fingerprint density at radius 2 is 2.04 bits per heavy atom. The minimum Gasteiger partial charge on any atom is -0.494 e. The van der Waals surface area contributed by atoms with E-state index in [0.717, 1.165) is 63.4 Å². The number of anilines is 1. The fourth-order valence-corrected chi connectivity index (χ4v) is 2.79. The number of unbranched alkanes of at least 4 members (excludes halogenated alkanes) is 1. The molecule has 1 fully saturated rings. The van der Waals surface area contributed by atoms with Crippen molar-refractivity contribution >= 4 is 11.7 Å². The van der Waals surface area contributed by atoms with E-state index in [1.54, 1.807) is 6.08 Å². The molecule has 1 aromatic carbocycles. The summed E-state index contributed by atoms with van der Waals surface area (Å²) in [5.41, 5.74) is 0.796. The van der Waals surface area contributed by atoms with E-state index in [9.17, 15) is 4.79 Å². The van der Waals surface area contributed by atoms with Gasteiger partial charge in [-0.2, -0.15) is 0 Å². The zero-order valence-electron chi connectivity index (χ0n) is 15.2. The van der Waals surface area contributed by atoms with E-state index in [2.05, 4.69) is 18.8 Å². The number of nitrogens with zero attached hydrogens (tertiary/aromatic N) is 1. The summed E-state index contributed by atoms with van der Waals surface area (Å²) in [5.74, 6) is 1.37. The Morgan fingerprint density at radius 3 is 2.68 bits per heavy atom. The number of likely N-dealkylation sites (tertiary alicyclic amines) is 1. The van der Waals surface area contributed by atoms with Gasteiger partial charge < -0.3 is 19.7 Å². The maximum Gasteiger partial charge on any atom is 0.321 e. The van der Waals surface area contributed by atoms with Gasteiger partial charge in [0.15, 0.2) is 0 Å². The van der Waals surface area contributed by atoms with E-state index >= 15 is 0 Å². The molecule has 2 amide bonds. The highest BCUT2D eigenvalue weighted by Crippen LogP contribution is 2.20. The van der Waals surface area contributed by atoms with Gasteiger partial charge in [-0.05, 0) is 49.4 Å². The highest BCUT2D eigenvalue weighted by molar-refractivity contribution is 5.89. The Labute approximate surface area is 151 Å². The fourth-order valence-electron chi connectivity index (χ4n) is 2.79. The Hall–Kier alpha value is -2.01. The first-order valence-corrected chi connectivity index (χ1v) is 9.20. The Balaban J connectivity index is 1.72. The molecule has 5 nitrogen and oxygen atoms in total.